The molecule has 0 N–H and O–H groups in total. The number of rotatable bonds is 17. The molecule has 16 rings (SSSR count). The van der Waals surface area contributed by atoms with Crippen molar-refractivity contribution in [3.63, 3.8) is 0 Å². The molecule has 0 spiro atoms. The first kappa shape index (κ1) is 62.4. The third kappa shape index (κ3) is 10.7. The molecule has 0 radical (unpaired) electrons. The molecule has 0 bridgehead atoms. The van der Waals surface area contributed by atoms with E-state index in [2.05, 4.69) is 259 Å². The highest BCUT2D eigenvalue weighted by Crippen LogP contribution is 2.60. The molecule has 14 aromatic rings. The Morgan fingerprint density at radius 1 is 0.300 bits per heavy atom. The Hall–Kier alpha value is -12.4. The molecule has 2 aliphatic carbocycles. The van der Waals surface area contributed by atoms with Crippen LogP contribution in [0.1, 0.15) is 77.9 Å². The molecule has 0 heterocycles. The monoisotopic (exact) mass is 1300 g/mol. The Kier molecular flexibility index (Phi) is 16.0. The summed E-state index contributed by atoms with van der Waals surface area (Å²) >= 11 is 0. The zero-order valence-electron chi connectivity index (χ0n) is 56.1. The first-order valence-corrected chi connectivity index (χ1v) is 33.9. The van der Waals surface area contributed by atoms with Crippen LogP contribution in [0, 0.1) is 39.3 Å². The third-order valence-corrected chi connectivity index (χ3v) is 20.2. The van der Waals surface area contributed by atoms with E-state index in [-0.39, 0.29) is 11.6 Å². The van der Waals surface area contributed by atoms with Gasteiger partial charge in [0.15, 0.2) is 0 Å². The number of ether oxygens (including phenoxy) is 2. The molecule has 0 amide bonds. The highest BCUT2D eigenvalue weighted by molar-refractivity contribution is 5.92. The summed E-state index contributed by atoms with van der Waals surface area (Å²) in [5.41, 5.74) is 24.5. The van der Waals surface area contributed by atoms with E-state index >= 15 is 8.78 Å². The maximum atomic E-state index is 16.8. The lowest BCUT2D eigenvalue weighted by atomic mass is 9.66. The number of hydrogen-bond acceptors (Lipinski definition) is 4. The maximum absolute atomic E-state index is 16.8. The molecule has 2 atom stereocenters. The molecule has 0 aliphatic heterocycles. The van der Waals surface area contributed by atoms with E-state index in [0.29, 0.717) is 11.4 Å². The quantitative estimate of drug-likeness (QED) is 0.0907. The van der Waals surface area contributed by atoms with Gasteiger partial charge in [0, 0.05) is 22.7 Å². The molecular weight excluding hydrogens is 1230 g/mol. The van der Waals surface area contributed by atoms with Gasteiger partial charge in [-0.1, -0.05) is 231 Å². The Balaban J connectivity index is 0.777. The van der Waals surface area contributed by atoms with Gasteiger partial charge in [-0.2, -0.15) is 0 Å². The van der Waals surface area contributed by atoms with Crippen LogP contribution >= 0.6 is 0 Å². The van der Waals surface area contributed by atoms with Crippen molar-refractivity contribution in [3.05, 3.63) is 418 Å². The summed E-state index contributed by atoms with van der Waals surface area (Å²) in [6.07, 6.45) is 3.64. The van der Waals surface area contributed by atoms with Crippen LogP contribution in [0.4, 0.5) is 42.9 Å². The largest absolute Gasteiger partial charge is 0.457 e. The highest BCUT2D eigenvalue weighted by Gasteiger charge is 2.49. The highest BCUT2D eigenvalue weighted by atomic mass is 19.1. The molecule has 100 heavy (non-hydrogen) atoms. The smallest absolute Gasteiger partial charge is 0.147 e. The summed E-state index contributed by atoms with van der Waals surface area (Å²) in [6.45, 7) is 16.5. The fraction of sp³-hybridized carbons (Fsp3) is 0.0638. The summed E-state index contributed by atoms with van der Waals surface area (Å²) in [6, 6.07) is 107. The molecule has 482 valence electrons. The lowest BCUT2D eigenvalue weighted by Gasteiger charge is -2.36. The average Bonchev–Trinajstić information content (AvgIpc) is 1.54. The van der Waals surface area contributed by atoms with E-state index in [1.165, 1.54) is 34.4 Å². The molecule has 2 aliphatic rings. The van der Waals surface area contributed by atoms with E-state index in [1.807, 2.05) is 94.7 Å². The van der Waals surface area contributed by atoms with Gasteiger partial charge in [0.2, 0.25) is 0 Å². The summed E-state index contributed by atoms with van der Waals surface area (Å²) in [7, 11) is 0. The molecule has 0 fully saturated rings. The molecule has 4 nitrogen and oxygen atoms in total. The van der Waals surface area contributed by atoms with E-state index in [4.69, 9.17) is 9.47 Å². The standard InChI is InChI=1S/C94H70F2N2O2/c1-7-65-29-47-75(48-30-65)99-77-51-37-69(38-52-77)93(85-57-61(3)25-27-63(85)5)83-19-11-9-17-79(83)81-55-45-73(59-87(81)93)97(91-23-15-13-21-89(91)95)71-41-33-67(34-42-71)68-35-43-72(44-36-68)98(92-24-16-14-22-90(92)96)74-46-56-82-80-18-10-12-20-84(80)94(88(82)60-74,86-58-62(4)26-28-64(86)6)70-39-53-78(54-40-70)100-76-49-31-66(8-2)32-50-76/h7-60H,1-2H2,3-6H3. The Morgan fingerprint density at radius 3 is 1.00 bits per heavy atom. The van der Waals surface area contributed by atoms with Gasteiger partial charge in [-0.05, 0) is 249 Å². The van der Waals surface area contributed by atoms with Gasteiger partial charge < -0.3 is 19.3 Å². The van der Waals surface area contributed by atoms with Crippen LogP contribution in [0.2, 0.25) is 0 Å². The van der Waals surface area contributed by atoms with E-state index < -0.39 is 10.8 Å². The van der Waals surface area contributed by atoms with E-state index in [9.17, 15) is 0 Å². The van der Waals surface area contributed by atoms with Crippen LogP contribution < -0.4 is 19.3 Å². The molecule has 0 aromatic heterocycles. The number of fused-ring (bicyclic) bond motifs is 6. The Bertz CT molecular complexity index is 5130. The fourth-order valence-corrected chi connectivity index (χ4v) is 15.5. The zero-order valence-corrected chi connectivity index (χ0v) is 56.1. The zero-order chi connectivity index (χ0) is 68.2. The maximum Gasteiger partial charge on any atom is 0.147 e. The summed E-state index contributed by atoms with van der Waals surface area (Å²) < 4.78 is 46.4. The fourth-order valence-electron chi connectivity index (χ4n) is 15.5. The molecule has 14 aromatic carbocycles. The number of benzene rings is 14. The summed E-state index contributed by atoms with van der Waals surface area (Å²) in [4.78, 5) is 4.05. The molecule has 6 heteroatoms. The van der Waals surface area contributed by atoms with Crippen LogP contribution in [0.3, 0.4) is 0 Å². The third-order valence-electron chi connectivity index (χ3n) is 20.2. The van der Waals surface area contributed by atoms with Gasteiger partial charge in [-0.25, -0.2) is 8.78 Å². The van der Waals surface area contributed by atoms with Crippen LogP contribution in [0.25, 0.3) is 45.5 Å². The molecule has 2 unspecified atom stereocenters. The molecule has 0 saturated heterocycles. The number of para-hydroxylation sites is 2. The van der Waals surface area contributed by atoms with E-state index in [1.54, 1.807) is 12.1 Å². The Morgan fingerprint density at radius 2 is 0.630 bits per heavy atom. The van der Waals surface area contributed by atoms with Crippen LogP contribution in [0.5, 0.6) is 23.0 Å². The van der Waals surface area contributed by atoms with Crippen LogP contribution in [0.15, 0.2) is 329 Å². The normalized spacial score (nSPS) is 14.7. The number of nitrogens with zero attached hydrogens (tertiary/aromatic N) is 2. The number of aryl methyl sites for hydroxylation is 4. The second kappa shape index (κ2) is 25.6. The molecular formula is C94H70F2N2O2. The lowest BCUT2D eigenvalue weighted by molar-refractivity contribution is 0.482. The van der Waals surface area contributed by atoms with Gasteiger partial charge in [0.1, 0.15) is 34.6 Å². The SMILES string of the molecule is C=Cc1ccc(Oc2ccc(C3(c4cc(C)ccc4C)c4ccccc4-c4ccc(N(c5ccc(-c6ccc(N(c7ccc8c(c7)C(c7ccc(Oc9ccc(C=C)cc9)cc7)(c7cc(C)ccc7C)c7ccccc7-8)c7ccccc7F)cc6)cc5)c5ccccc5F)cc43)cc2)cc1. The van der Waals surface area contributed by atoms with Gasteiger partial charge >= 0.3 is 0 Å². The predicted molar refractivity (Wildman–Crippen MR) is 408 cm³/mol. The van der Waals surface area contributed by atoms with Gasteiger partial charge in [0.05, 0.1) is 22.2 Å². The van der Waals surface area contributed by atoms with Gasteiger partial charge in [-0.15, -0.1) is 0 Å². The minimum absolute atomic E-state index is 0.351. The van der Waals surface area contributed by atoms with Crippen molar-refractivity contribution >= 4 is 46.3 Å². The van der Waals surface area contributed by atoms with Crippen molar-refractivity contribution < 1.29 is 18.3 Å². The number of hydrogen-bond donors (Lipinski definition) is 0. The van der Waals surface area contributed by atoms with E-state index in [0.717, 1.165) is 135 Å². The summed E-state index contributed by atoms with van der Waals surface area (Å²) in [5.74, 6) is 2.21. The average molecular weight is 1300 g/mol. The van der Waals surface area contributed by atoms with Gasteiger partial charge in [-0.3, -0.25) is 0 Å². The number of halogens is 2. The number of anilines is 6. The summed E-state index contributed by atoms with van der Waals surface area (Å²) in [5, 5.41) is 0. The topological polar surface area (TPSA) is 24.9 Å². The predicted octanol–water partition coefficient (Wildman–Crippen LogP) is 25.4. The van der Waals surface area contributed by atoms with Crippen molar-refractivity contribution in [2.45, 2.75) is 38.5 Å². The first-order chi connectivity index (χ1) is 48.9. The van der Waals surface area contributed by atoms with Crippen molar-refractivity contribution in [2.24, 2.45) is 0 Å². The first-order valence-electron chi connectivity index (χ1n) is 33.9. The van der Waals surface area contributed by atoms with Gasteiger partial charge in [0.25, 0.3) is 0 Å². The molecule has 0 saturated carbocycles. The minimum Gasteiger partial charge on any atom is -0.457 e. The lowest BCUT2D eigenvalue weighted by Crippen LogP contribution is -2.30. The minimum atomic E-state index is -0.776. The second-order valence-electron chi connectivity index (χ2n) is 26.2. The van der Waals surface area contributed by atoms with Crippen molar-refractivity contribution in [2.75, 3.05) is 9.80 Å². The van der Waals surface area contributed by atoms with Crippen molar-refractivity contribution in [1.29, 1.82) is 0 Å². The van der Waals surface area contributed by atoms with Crippen molar-refractivity contribution in [3.8, 4) is 56.4 Å². The van der Waals surface area contributed by atoms with Crippen LogP contribution in [-0.2, 0) is 10.8 Å². The van der Waals surface area contributed by atoms with Crippen molar-refractivity contribution in [1.82, 2.24) is 0 Å². The Labute approximate surface area is 584 Å². The second-order valence-corrected chi connectivity index (χ2v) is 26.2. The van der Waals surface area contributed by atoms with Crippen LogP contribution in [-0.4, -0.2) is 0 Å².